The van der Waals surface area contributed by atoms with Crippen molar-refractivity contribution < 1.29 is 28.5 Å². The molecule has 2 aliphatic heterocycles. The molecule has 0 aromatic heterocycles. The van der Waals surface area contributed by atoms with E-state index < -0.39 is 12.2 Å². The predicted molar refractivity (Wildman–Crippen MR) is 76.3 cm³/mol. The molecule has 6 atom stereocenters. The van der Waals surface area contributed by atoms with Crippen LogP contribution in [-0.2, 0) is 28.5 Å². The minimum atomic E-state index is -0.529. The highest BCUT2D eigenvalue weighted by atomic mass is 16.6. The molecule has 8 heteroatoms. The van der Waals surface area contributed by atoms with E-state index in [0.717, 1.165) is 0 Å². The second-order valence-electron chi connectivity index (χ2n) is 5.58. The van der Waals surface area contributed by atoms with Crippen LogP contribution in [0.3, 0.4) is 0 Å². The molecule has 0 radical (unpaired) electrons. The Morgan fingerprint density at radius 2 is 1.27 bits per heavy atom. The van der Waals surface area contributed by atoms with Gasteiger partial charge in [0.25, 0.3) is 0 Å². The van der Waals surface area contributed by atoms with Crippen LogP contribution in [0.25, 0.3) is 0 Å². The Kier molecular flexibility index (Phi) is 5.74. The Morgan fingerprint density at radius 3 is 1.59 bits per heavy atom. The fraction of sp³-hybridized carbons (Fsp3) is 0.857. The molecule has 0 spiro atoms. The van der Waals surface area contributed by atoms with Gasteiger partial charge in [0.1, 0.15) is 24.4 Å². The number of fused-ring (bicyclic) bond motifs is 1. The molecule has 8 nitrogen and oxygen atoms in total. The fourth-order valence-corrected chi connectivity index (χ4v) is 2.56. The summed E-state index contributed by atoms with van der Waals surface area (Å²) in [5.74, 6) is -0.415. The van der Waals surface area contributed by atoms with E-state index in [2.05, 4.69) is 10.6 Å². The van der Waals surface area contributed by atoms with Crippen LogP contribution in [0.15, 0.2) is 0 Å². The first-order chi connectivity index (χ1) is 10.5. The van der Waals surface area contributed by atoms with Crippen LogP contribution in [0.5, 0.6) is 0 Å². The van der Waals surface area contributed by atoms with Gasteiger partial charge in [-0.2, -0.15) is 0 Å². The lowest BCUT2D eigenvalue weighted by Gasteiger charge is -2.20. The zero-order chi connectivity index (χ0) is 16.3. The van der Waals surface area contributed by atoms with Gasteiger partial charge in [-0.05, 0) is 13.8 Å². The van der Waals surface area contributed by atoms with Crippen LogP contribution in [-0.4, -0.2) is 75.7 Å². The molecule has 2 amide bonds. The average molecular weight is 316 g/mol. The Balaban J connectivity index is 1.89. The van der Waals surface area contributed by atoms with Crippen molar-refractivity contribution in [2.75, 3.05) is 27.4 Å². The minimum absolute atomic E-state index is 0.208. The first-order valence-corrected chi connectivity index (χ1v) is 7.37. The van der Waals surface area contributed by atoms with E-state index in [0.29, 0.717) is 13.2 Å². The Bertz CT molecular complexity index is 380. The van der Waals surface area contributed by atoms with Gasteiger partial charge in [-0.25, -0.2) is 0 Å². The Morgan fingerprint density at radius 1 is 0.909 bits per heavy atom. The second kappa shape index (κ2) is 7.36. The largest absolute Gasteiger partial charge is 0.372 e. The number of rotatable bonds is 6. The van der Waals surface area contributed by atoms with Gasteiger partial charge in [-0.3, -0.25) is 9.59 Å². The SMILES string of the molecule is CO[C@@H](C)C(=O)N[C@H]1CO[C@H]2[C@@H]1OC[C@@H]2NC(=O)[C@H](C)OC. The number of amides is 2. The molecule has 2 rings (SSSR count). The van der Waals surface area contributed by atoms with E-state index in [9.17, 15) is 9.59 Å². The summed E-state index contributed by atoms with van der Waals surface area (Å²) < 4.78 is 21.4. The zero-order valence-corrected chi connectivity index (χ0v) is 13.3. The lowest BCUT2D eigenvalue weighted by molar-refractivity contribution is -0.131. The fourth-order valence-electron chi connectivity index (χ4n) is 2.56. The molecular formula is C14H24N2O6. The van der Waals surface area contributed by atoms with Crippen LogP contribution in [0, 0.1) is 0 Å². The molecular weight excluding hydrogens is 292 g/mol. The third-order valence-corrected chi connectivity index (χ3v) is 4.15. The van der Waals surface area contributed by atoms with E-state index in [1.165, 1.54) is 14.2 Å². The van der Waals surface area contributed by atoms with Crippen LogP contribution < -0.4 is 10.6 Å². The van der Waals surface area contributed by atoms with Gasteiger partial charge in [0.15, 0.2) is 0 Å². The van der Waals surface area contributed by atoms with Crippen molar-refractivity contribution in [2.45, 2.75) is 50.3 Å². The van der Waals surface area contributed by atoms with Crippen LogP contribution in [0.2, 0.25) is 0 Å². The van der Waals surface area contributed by atoms with E-state index in [-0.39, 0.29) is 36.1 Å². The summed E-state index contributed by atoms with van der Waals surface area (Å²) in [6.07, 6.45) is -1.59. The lowest BCUT2D eigenvalue weighted by atomic mass is 10.1. The van der Waals surface area contributed by atoms with E-state index in [1.54, 1.807) is 13.8 Å². The molecule has 0 saturated carbocycles. The summed E-state index contributed by atoms with van der Waals surface area (Å²) in [5, 5.41) is 5.71. The summed E-state index contributed by atoms with van der Waals surface area (Å²) in [6.45, 7) is 4.05. The predicted octanol–water partition coefficient (Wildman–Crippen LogP) is -1.18. The lowest BCUT2D eigenvalue weighted by Crippen LogP contribution is -2.49. The highest BCUT2D eigenvalue weighted by Crippen LogP contribution is 2.27. The van der Waals surface area contributed by atoms with E-state index in [1.807, 2.05) is 0 Å². The van der Waals surface area contributed by atoms with Gasteiger partial charge in [0.05, 0.1) is 25.3 Å². The molecule has 0 bridgehead atoms. The van der Waals surface area contributed by atoms with Gasteiger partial charge >= 0.3 is 0 Å². The number of carbonyl (C=O) groups excluding carboxylic acids is 2. The van der Waals surface area contributed by atoms with Crippen LogP contribution >= 0.6 is 0 Å². The normalized spacial score (nSPS) is 33.1. The van der Waals surface area contributed by atoms with Gasteiger partial charge in [0.2, 0.25) is 11.8 Å². The first-order valence-electron chi connectivity index (χ1n) is 7.37. The van der Waals surface area contributed by atoms with E-state index in [4.69, 9.17) is 18.9 Å². The van der Waals surface area contributed by atoms with Crippen LogP contribution in [0.4, 0.5) is 0 Å². The third kappa shape index (κ3) is 3.57. The quantitative estimate of drug-likeness (QED) is 0.641. The average Bonchev–Trinajstić information content (AvgIpc) is 3.09. The van der Waals surface area contributed by atoms with Crippen molar-refractivity contribution in [1.29, 1.82) is 0 Å². The summed E-state index contributed by atoms with van der Waals surface area (Å²) in [6, 6.07) is -0.478. The molecule has 126 valence electrons. The molecule has 2 saturated heterocycles. The van der Waals surface area contributed by atoms with E-state index >= 15 is 0 Å². The van der Waals surface area contributed by atoms with Crippen molar-refractivity contribution in [3.8, 4) is 0 Å². The molecule has 2 N–H and O–H groups in total. The Hall–Kier alpha value is -1.22. The van der Waals surface area contributed by atoms with Crippen molar-refractivity contribution in [3.05, 3.63) is 0 Å². The maximum absolute atomic E-state index is 11.9. The summed E-state index contributed by atoms with van der Waals surface area (Å²) >= 11 is 0. The summed E-state index contributed by atoms with van der Waals surface area (Å²) in [7, 11) is 2.96. The minimum Gasteiger partial charge on any atom is -0.372 e. The third-order valence-electron chi connectivity index (χ3n) is 4.15. The summed E-state index contributed by atoms with van der Waals surface area (Å²) in [5.41, 5.74) is 0. The smallest absolute Gasteiger partial charge is 0.249 e. The first kappa shape index (κ1) is 17.1. The van der Waals surface area contributed by atoms with Gasteiger partial charge in [-0.15, -0.1) is 0 Å². The molecule has 0 aromatic rings. The summed E-state index contributed by atoms with van der Waals surface area (Å²) in [4.78, 5) is 23.7. The molecule has 0 aliphatic carbocycles. The number of ether oxygens (including phenoxy) is 4. The molecule has 22 heavy (non-hydrogen) atoms. The number of hydrogen-bond acceptors (Lipinski definition) is 6. The number of methoxy groups -OCH3 is 2. The maximum atomic E-state index is 11.9. The number of nitrogens with one attached hydrogen (secondary N) is 2. The van der Waals surface area contributed by atoms with Gasteiger partial charge in [0, 0.05) is 14.2 Å². The molecule has 2 fully saturated rings. The molecule has 0 unspecified atom stereocenters. The van der Waals surface area contributed by atoms with Crippen molar-refractivity contribution in [3.63, 3.8) is 0 Å². The Labute approximate surface area is 129 Å². The molecule has 2 heterocycles. The topological polar surface area (TPSA) is 95.1 Å². The zero-order valence-electron chi connectivity index (χ0n) is 13.3. The molecule has 0 aromatic carbocycles. The number of hydrogen-bond donors (Lipinski definition) is 2. The van der Waals surface area contributed by atoms with Gasteiger partial charge in [-0.1, -0.05) is 0 Å². The van der Waals surface area contributed by atoms with Crippen molar-refractivity contribution in [2.24, 2.45) is 0 Å². The highest BCUT2D eigenvalue weighted by Gasteiger charge is 2.49. The molecule has 2 aliphatic rings. The number of carbonyl (C=O) groups is 2. The van der Waals surface area contributed by atoms with Gasteiger partial charge < -0.3 is 29.6 Å². The highest BCUT2D eigenvalue weighted by molar-refractivity contribution is 5.81. The standard InChI is InChI=1S/C14H24N2O6/c1-7(19-3)13(17)15-9-5-21-12-10(6-22-11(9)12)16-14(18)8(2)20-4/h7-12H,5-6H2,1-4H3,(H,15,17)(H,16,18)/t7-,8-,9-,10-,11+,12+/m0/s1. The maximum Gasteiger partial charge on any atom is 0.249 e. The second-order valence-corrected chi connectivity index (χ2v) is 5.58. The van der Waals surface area contributed by atoms with Crippen molar-refractivity contribution in [1.82, 2.24) is 10.6 Å². The van der Waals surface area contributed by atoms with Crippen molar-refractivity contribution >= 4 is 11.8 Å². The van der Waals surface area contributed by atoms with Crippen LogP contribution in [0.1, 0.15) is 13.8 Å². The monoisotopic (exact) mass is 316 g/mol.